The molecule has 6 nitrogen and oxygen atoms in total. The molecule has 3 aromatic rings. The van der Waals surface area contributed by atoms with Gasteiger partial charge in [0.1, 0.15) is 12.4 Å². The van der Waals surface area contributed by atoms with E-state index in [4.69, 9.17) is 4.74 Å². The highest BCUT2D eigenvalue weighted by molar-refractivity contribution is 14.1. The highest BCUT2D eigenvalue weighted by Gasteiger charge is 2.14. The number of benzene rings is 2. The Hall–Kier alpha value is -2.07. The number of amides is 1. The molecule has 29 heavy (non-hydrogen) atoms. The van der Waals surface area contributed by atoms with E-state index in [1.165, 1.54) is 11.8 Å². The van der Waals surface area contributed by atoms with E-state index in [9.17, 15) is 4.79 Å². The Morgan fingerprint density at radius 1 is 1.21 bits per heavy atom. The molecule has 3 rings (SSSR count). The van der Waals surface area contributed by atoms with Gasteiger partial charge in [0.2, 0.25) is 5.91 Å². The minimum atomic E-state index is -0.0671. The van der Waals surface area contributed by atoms with Crippen LogP contribution in [-0.4, -0.2) is 26.4 Å². The number of hydrogen-bond donors (Lipinski definition) is 1. The van der Waals surface area contributed by atoms with Crippen LogP contribution in [-0.2, 0) is 17.9 Å². The van der Waals surface area contributed by atoms with Crippen LogP contribution in [0.4, 0.5) is 5.69 Å². The largest absolute Gasteiger partial charge is 0.486 e. The second-order valence-corrected chi connectivity index (χ2v) is 8.73. The van der Waals surface area contributed by atoms with Gasteiger partial charge in [0.05, 0.1) is 5.75 Å². The second-order valence-electron chi connectivity index (χ2n) is 6.54. The number of carbonyl (C=O) groups is 1. The van der Waals surface area contributed by atoms with Crippen LogP contribution in [0.15, 0.2) is 47.6 Å². The molecule has 152 valence electrons. The van der Waals surface area contributed by atoms with Crippen molar-refractivity contribution < 1.29 is 9.53 Å². The van der Waals surface area contributed by atoms with Crippen LogP contribution >= 0.6 is 34.4 Å². The molecule has 1 N–H and O–H groups in total. The van der Waals surface area contributed by atoms with Gasteiger partial charge in [-0.05, 0) is 84.8 Å². The van der Waals surface area contributed by atoms with Crippen molar-refractivity contribution in [1.82, 2.24) is 14.8 Å². The average molecular weight is 522 g/mol. The fourth-order valence-electron chi connectivity index (χ4n) is 2.79. The quantitative estimate of drug-likeness (QED) is 0.339. The number of aromatic nitrogens is 3. The number of ether oxygens (including phenoxy) is 1. The smallest absolute Gasteiger partial charge is 0.234 e. The van der Waals surface area contributed by atoms with Crippen molar-refractivity contribution in [3.8, 4) is 5.75 Å². The van der Waals surface area contributed by atoms with Gasteiger partial charge in [-0.25, -0.2) is 0 Å². The highest BCUT2D eigenvalue weighted by Crippen LogP contribution is 2.21. The number of nitrogens with one attached hydrogen (secondary N) is 1. The summed E-state index contributed by atoms with van der Waals surface area (Å²) < 4.78 is 8.96. The molecule has 1 amide bonds. The molecule has 1 aromatic heterocycles. The van der Waals surface area contributed by atoms with E-state index >= 15 is 0 Å². The first-order chi connectivity index (χ1) is 14.0. The molecule has 0 unspecified atom stereocenters. The Labute approximate surface area is 188 Å². The van der Waals surface area contributed by atoms with Crippen molar-refractivity contribution in [3.05, 3.63) is 63.0 Å². The SMILES string of the molecule is CCn1c(COc2cccc(C)c2)nnc1SCC(=O)Nc1ccc(I)cc1C. The fourth-order valence-corrected chi connectivity index (χ4v) is 4.26. The third-order valence-corrected chi connectivity index (χ3v) is 5.90. The zero-order chi connectivity index (χ0) is 20.8. The van der Waals surface area contributed by atoms with E-state index < -0.39 is 0 Å². The number of hydrogen-bond acceptors (Lipinski definition) is 5. The molecule has 0 radical (unpaired) electrons. The molecule has 0 aliphatic heterocycles. The van der Waals surface area contributed by atoms with E-state index in [0.29, 0.717) is 18.3 Å². The van der Waals surface area contributed by atoms with Gasteiger partial charge in [0.15, 0.2) is 11.0 Å². The summed E-state index contributed by atoms with van der Waals surface area (Å²) >= 11 is 3.63. The monoisotopic (exact) mass is 522 g/mol. The van der Waals surface area contributed by atoms with Crippen LogP contribution in [0.5, 0.6) is 5.75 Å². The third-order valence-electron chi connectivity index (χ3n) is 4.26. The molecule has 0 saturated carbocycles. The van der Waals surface area contributed by atoms with Gasteiger partial charge in [0.25, 0.3) is 0 Å². The molecule has 2 aromatic carbocycles. The maximum atomic E-state index is 12.4. The van der Waals surface area contributed by atoms with Gasteiger partial charge in [-0.15, -0.1) is 10.2 Å². The number of halogens is 1. The van der Waals surface area contributed by atoms with E-state index in [1.807, 2.05) is 67.8 Å². The molecule has 0 saturated heterocycles. The summed E-state index contributed by atoms with van der Waals surface area (Å²) in [6.07, 6.45) is 0. The van der Waals surface area contributed by atoms with Gasteiger partial charge >= 0.3 is 0 Å². The Kier molecular flexibility index (Phi) is 7.54. The number of rotatable bonds is 8. The summed E-state index contributed by atoms with van der Waals surface area (Å²) in [7, 11) is 0. The Morgan fingerprint density at radius 3 is 2.76 bits per heavy atom. The maximum Gasteiger partial charge on any atom is 0.234 e. The van der Waals surface area contributed by atoms with Gasteiger partial charge in [0, 0.05) is 15.8 Å². The zero-order valence-corrected chi connectivity index (χ0v) is 19.6. The molecular weight excluding hydrogens is 499 g/mol. The van der Waals surface area contributed by atoms with Crippen molar-refractivity contribution in [2.24, 2.45) is 0 Å². The van der Waals surface area contributed by atoms with Crippen LogP contribution in [0, 0.1) is 17.4 Å². The predicted molar refractivity (Wildman–Crippen MR) is 124 cm³/mol. The Morgan fingerprint density at radius 2 is 2.03 bits per heavy atom. The zero-order valence-electron chi connectivity index (χ0n) is 16.6. The number of carbonyl (C=O) groups excluding carboxylic acids is 1. The van der Waals surface area contributed by atoms with Crippen molar-refractivity contribution in [2.75, 3.05) is 11.1 Å². The van der Waals surface area contributed by atoms with Crippen LogP contribution in [0.25, 0.3) is 0 Å². The molecule has 8 heteroatoms. The van der Waals surface area contributed by atoms with E-state index in [2.05, 4.69) is 38.1 Å². The summed E-state index contributed by atoms with van der Waals surface area (Å²) in [5.74, 6) is 1.74. The molecule has 0 fully saturated rings. The fraction of sp³-hybridized carbons (Fsp3) is 0.286. The van der Waals surface area contributed by atoms with Crippen LogP contribution < -0.4 is 10.1 Å². The maximum absolute atomic E-state index is 12.4. The van der Waals surface area contributed by atoms with E-state index in [1.54, 1.807) is 0 Å². The van der Waals surface area contributed by atoms with Gasteiger partial charge in [-0.2, -0.15) is 0 Å². The standard InChI is InChI=1S/C21H23IN4O2S/c1-4-26-19(12-28-17-7-5-6-14(2)10-17)24-25-21(26)29-13-20(27)23-18-9-8-16(22)11-15(18)3/h5-11H,4,12-13H2,1-3H3,(H,23,27). The average Bonchev–Trinajstić information content (AvgIpc) is 3.09. The number of thioether (sulfide) groups is 1. The Balaban J connectivity index is 1.58. The molecular formula is C21H23IN4O2S. The number of anilines is 1. The molecule has 0 bridgehead atoms. The van der Waals surface area contributed by atoms with Crippen LogP contribution in [0.3, 0.4) is 0 Å². The van der Waals surface area contributed by atoms with Crippen molar-refractivity contribution in [1.29, 1.82) is 0 Å². The molecule has 0 aliphatic carbocycles. The first-order valence-corrected chi connectivity index (χ1v) is 11.3. The minimum absolute atomic E-state index is 0.0671. The topological polar surface area (TPSA) is 69.0 Å². The van der Waals surface area contributed by atoms with Crippen molar-refractivity contribution in [3.63, 3.8) is 0 Å². The van der Waals surface area contributed by atoms with Gasteiger partial charge < -0.3 is 14.6 Å². The highest BCUT2D eigenvalue weighted by atomic mass is 127. The summed E-state index contributed by atoms with van der Waals surface area (Å²) in [5.41, 5.74) is 3.02. The first-order valence-electron chi connectivity index (χ1n) is 9.26. The first kappa shape index (κ1) is 21.6. The minimum Gasteiger partial charge on any atom is -0.486 e. The lowest BCUT2D eigenvalue weighted by molar-refractivity contribution is -0.113. The lowest BCUT2D eigenvalue weighted by Crippen LogP contribution is -2.15. The molecule has 0 spiro atoms. The van der Waals surface area contributed by atoms with Gasteiger partial charge in [-0.1, -0.05) is 23.9 Å². The van der Waals surface area contributed by atoms with Gasteiger partial charge in [-0.3, -0.25) is 4.79 Å². The lowest BCUT2D eigenvalue weighted by atomic mass is 10.2. The summed E-state index contributed by atoms with van der Waals surface area (Å²) in [4.78, 5) is 12.4. The summed E-state index contributed by atoms with van der Waals surface area (Å²) in [6, 6.07) is 13.8. The molecule has 0 aliphatic rings. The van der Waals surface area contributed by atoms with Crippen molar-refractivity contribution in [2.45, 2.75) is 39.1 Å². The van der Waals surface area contributed by atoms with Crippen LogP contribution in [0.1, 0.15) is 23.9 Å². The normalized spacial score (nSPS) is 10.8. The summed E-state index contributed by atoms with van der Waals surface area (Å²) in [6.45, 7) is 7.08. The van der Waals surface area contributed by atoms with Crippen LogP contribution in [0.2, 0.25) is 0 Å². The second kappa shape index (κ2) is 10.1. The lowest BCUT2D eigenvalue weighted by Gasteiger charge is -2.10. The predicted octanol–water partition coefficient (Wildman–Crippen LogP) is 4.83. The van der Waals surface area contributed by atoms with E-state index in [0.717, 1.165) is 32.0 Å². The summed E-state index contributed by atoms with van der Waals surface area (Å²) in [5, 5.41) is 12.2. The van der Waals surface area contributed by atoms with E-state index in [-0.39, 0.29) is 11.7 Å². The molecule has 1 heterocycles. The third kappa shape index (κ3) is 5.96. The molecule has 0 atom stereocenters. The van der Waals surface area contributed by atoms with Crippen molar-refractivity contribution >= 4 is 45.9 Å². The Bertz CT molecular complexity index is 1010. The number of nitrogens with zero attached hydrogens (tertiary/aromatic N) is 3. The number of aryl methyl sites for hydroxylation is 2.